The number of hydrogen-bond donors (Lipinski definition) is 1. The van der Waals surface area contributed by atoms with Crippen LogP contribution in [0.5, 0.6) is 0 Å². The fourth-order valence-corrected chi connectivity index (χ4v) is 1.97. The Kier molecular flexibility index (Phi) is 2.11. The van der Waals surface area contributed by atoms with Crippen LogP contribution in [-0.2, 0) is 0 Å². The van der Waals surface area contributed by atoms with E-state index in [4.69, 9.17) is 11.6 Å². The number of nitrogens with zero attached hydrogens (tertiary/aromatic N) is 2. The van der Waals surface area contributed by atoms with Crippen molar-refractivity contribution < 1.29 is 0 Å². The molecule has 0 unspecified atom stereocenters. The number of nitrogens with one attached hydrogen (secondary N) is 1. The van der Waals surface area contributed by atoms with Gasteiger partial charge in [0.15, 0.2) is 0 Å². The van der Waals surface area contributed by atoms with Crippen molar-refractivity contribution in [2.75, 3.05) is 0 Å². The summed E-state index contributed by atoms with van der Waals surface area (Å²) >= 11 is 6.16. The van der Waals surface area contributed by atoms with Crippen molar-refractivity contribution in [3.63, 3.8) is 0 Å². The first-order valence-corrected chi connectivity index (χ1v) is 5.27. The van der Waals surface area contributed by atoms with Crippen molar-refractivity contribution in [2.24, 2.45) is 0 Å². The number of benzene rings is 1. The topological polar surface area (TPSA) is 41.6 Å². The van der Waals surface area contributed by atoms with Gasteiger partial charge in [0.25, 0.3) is 0 Å². The van der Waals surface area contributed by atoms with Crippen LogP contribution >= 0.6 is 11.6 Å². The Morgan fingerprint density at radius 1 is 1.06 bits per heavy atom. The predicted octanol–water partition coefficient (Wildman–Crippen LogP) is 3.28. The van der Waals surface area contributed by atoms with Crippen LogP contribution in [-0.4, -0.2) is 15.0 Å². The zero-order valence-corrected chi connectivity index (χ0v) is 9.07. The fourth-order valence-electron chi connectivity index (χ4n) is 1.74. The van der Waals surface area contributed by atoms with Gasteiger partial charge in [0.2, 0.25) is 0 Å². The summed E-state index contributed by atoms with van der Waals surface area (Å²) in [5.41, 5.74) is 2.61. The van der Waals surface area contributed by atoms with Crippen molar-refractivity contribution in [1.29, 1.82) is 0 Å². The first kappa shape index (κ1) is 9.36. The van der Waals surface area contributed by atoms with Crippen LogP contribution in [0.1, 0.15) is 0 Å². The maximum absolute atomic E-state index is 6.16. The number of aromatic amines is 1. The molecule has 78 valence electrons. The van der Waals surface area contributed by atoms with Gasteiger partial charge in [-0.15, -0.1) is 0 Å². The lowest BCUT2D eigenvalue weighted by molar-refractivity contribution is 1.20. The zero-order valence-electron chi connectivity index (χ0n) is 8.31. The van der Waals surface area contributed by atoms with E-state index >= 15 is 0 Å². The Morgan fingerprint density at radius 3 is 2.81 bits per heavy atom. The van der Waals surface area contributed by atoms with Crippen LogP contribution in [0.2, 0.25) is 5.02 Å². The Labute approximate surface area is 97.1 Å². The van der Waals surface area contributed by atoms with Gasteiger partial charge in [-0.3, -0.25) is 0 Å². The standard InChI is InChI=1S/C12H8ClN3/c13-10-4-2-1-3-8(10)11-9-5-6-14-12(9)16-7-15-11/h1-7H,(H,14,15,16). The van der Waals surface area contributed by atoms with Gasteiger partial charge in [0.1, 0.15) is 12.0 Å². The number of H-pyrrole nitrogens is 1. The summed E-state index contributed by atoms with van der Waals surface area (Å²) < 4.78 is 0. The summed E-state index contributed by atoms with van der Waals surface area (Å²) in [5, 5.41) is 1.68. The second-order valence-corrected chi connectivity index (χ2v) is 3.85. The monoisotopic (exact) mass is 229 g/mol. The maximum Gasteiger partial charge on any atom is 0.141 e. The van der Waals surface area contributed by atoms with E-state index in [0.29, 0.717) is 5.02 Å². The maximum atomic E-state index is 6.16. The lowest BCUT2D eigenvalue weighted by atomic mass is 10.1. The molecular weight excluding hydrogens is 222 g/mol. The molecule has 0 fully saturated rings. The molecule has 0 bridgehead atoms. The van der Waals surface area contributed by atoms with E-state index in [-0.39, 0.29) is 0 Å². The number of hydrogen-bond acceptors (Lipinski definition) is 2. The van der Waals surface area contributed by atoms with E-state index < -0.39 is 0 Å². The molecule has 3 nitrogen and oxygen atoms in total. The molecule has 0 saturated carbocycles. The molecule has 0 radical (unpaired) electrons. The largest absolute Gasteiger partial charge is 0.346 e. The SMILES string of the molecule is Clc1ccccc1-c1ncnc2[nH]ccc12. The van der Waals surface area contributed by atoms with Crippen LogP contribution in [0.25, 0.3) is 22.3 Å². The Bertz CT molecular complexity index is 645. The first-order valence-electron chi connectivity index (χ1n) is 4.89. The number of fused-ring (bicyclic) bond motifs is 1. The molecule has 0 amide bonds. The smallest absolute Gasteiger partial charge is 0.141 e. The third-order valence-corrected chi connectivity index (χ3v) is 2.81. The van der Waals surface area contributed by atoms with E-state index in [1.54, 1.807) is 0 Å². The van der Waals surface area contributed by atoms with E-state index in [1.807, 2.05) is 36.5 Å². The van der Waals surface area contributed by atoms with Crippen molar-refractivity contribution in [3.8, 4) is 11.3 Å². The number of aromatic nitrogens is 3. The van der Waals surface area contributed by atoms with Gasteiger partial charge >= 0.3 is 0 Å². The molecule has 0 spiro atoms. The molecule has 1 aromatic carbocycles. The highest BCUT2D eigenvalue weighted by Gasteiger charge is 2.09. The van der Waals surface area contributed by atoms with Gasteiger partial charge < -0.3 is 4.98 Å². The second kappa shape index (κ2) is 3.61. The Hall–Kier alpha value is -1.87. The second-order valence-electron chi connectivity index (χ2n) is 3.44. The molecule has 2 heterocycles. The average Bonchev–Trinajstić information content (AvgIpc) is 2.77. The molecule has 1 N–H and O–H groups in total. The minimum atomic E-state index is 0.698. The summed E-state index contributed by atoms with van der Waals surface area (Å²) in [7, 11) is 0. The molecule has 3 rings (SSSR count). The van der Waals surface area contributed by atoms with Gasteiger partial charge in [-0.05, 0) is 12.1 Å². The normalized spacial score (nSPS) is 10.8. The number of rotatable bonds is 1. The molecule has 0 atom stereocenters. The van der Waals surface area contributed by atoms with Crippen molar-refractivity contribution in [2.45, 2.75) is 0 Å². The van der Waals surface area contributed by atoms with E-state index in [2.05, 4.69) is 15.0 Å². The number of halogens is 1. The molecule has 0 saturated heterocycles. The highest BCUT2D eigenvalue weighted by molar-refractivity contribution is 6.33. The third-order valence-electron chi connectivity index (χ3n) is 2.48. The molecule has 0 aliphatic rings. The lowest BCUT2D eigenvalue weighted by Crippen LogP contribution is -1.87. The van der Waals surface area contributed by atoms with Crippen LogP contribution in [0.4, 0.5) is 0 Å². The first-order chi connectivity index (χ1) is 7.86. The molecule has 2 aromatic heterocycles. The summed E-state index contributed by atoms with van der Waals surface area (Å²) in [5.74, 6) is 0. The van der Waals surface area contributed by atoms with Gasteiger partial charge in [0, 0.05) is 22.2 Å². The van der Waals surface area contributed by atoms with Crippen LogP contribution in [0, 0.1) is 0 Å². The molecule has 3 aromatic rings. The minimum Gasteiger partial charge on any atom is -0.346 e. The van der Waals surface area contributed by atoms with E-state index in [1.165, 1.54) is 6.33 Å². The summed E-state index contributed by atoms with van der Waals surface area (Å²) in [6, 6.07) is 9.62. The average molecular weight is 230 g/mol. The molecule has 0 aliphatic heterocycles. The summed E-state index contributed by atoms with van der Waals surface area (Å²) in [6.45, 7) is 0. The van der Waals surface area contributed by atoms with Gasteiger partial charge in [-0.1, -0.05) is 29.8 Å². The molecule has 16 heavy (non-hydrogen) atoms. The van der Waals surface area contributed by atoms with Crippen LogP contribution < -0.4 is 0 Å². The molecular formula is C12H8ClN3. The van der Waals surface area contributed by atoms with Gasteiger partial charge in [-0.25, -0.2) is 9.97 Å². The highest BCUT2D eigenvalue weighted by atomic mass is 35.5. The Morgan fingerprint density at radius 2 is 1.94 bits per heavy atom. The van der Waals surface area contributed by atoms with E-state index in [9.17, 15) is 0 Å². The van der Waals surface area contributed by atoms with Crippen LogP contribution in [0.15, 0.2) is 42.9 Å². The summed E-state index contributed by atoms with van der Waals surface area (Å²) in [6.07, 6.45) is 3.39. The minimum absolute atomic E-state index is 0.698. The van der Waals surface area contributed by atoms with Crippen molar-refractivity contribution >= 4 is 22.6 Å². The lowest BCUT2D eigenvalue weighted by Gasteiger charge is -2.03. The molecule has 4 heteroatoms. The third kappa shape index (κ3) is 1.37. The Balaban J connectivity index is 2.34. The quantitative estimate of drug-likeness (QED) is 0.696. The zero-order chi connectivity index (χ0) is 11.0. The summed E-state index contributed by atoms with van der Waals surface area (Å²) in [4.78, 5) is 11.5. The van der Waals surface area contributed by atoms with Gasteiger partial charge in [0.05, 0.1) is 5.69 Å². The van der Waals surface area contributed by atoms with Crippen molar-refractivity contribution in [3.05, 3.63) is 47.9 Å². The molecule has 0 aliphatic carbocycles. The van der Waals surface area contributed by atoms with Gasteiger partial charge in [-0.2, -0.15) is 0 Å². The fraction of sp³-hybridized carbons (Fsp3) is 0. The van der Waals surface area contributed by atoms with Crippen LogP contribution in [0.3, 0.4) is 0 Å². The predicted molar refractivity (Wildman–Crippen MR) is 64.3 cm³/mol. The van der Waals surface area contributed by atoms with Crippen molar-refractivity contribution in [1.82, 2.24) is 15.0 Å². The van der Waals surface area contributed by atoms with E-state index in [0.717, 1.165) is 22.3 Å². The highest BCUT2D eigenvalue weighted by Crippen LogP contribution is 2.30.